The van der Waals surface area contributed by atoms with Crippen molar-refractivity contribution in [3.05, 3.63) is 72.1 Å². The van der Waals surface area contributed by atoms with Crippen LogP contribution in [-0.2, 0) is 0 Å². The number of aromatic nitrogens is 4. The van der Waals surface area contributed by atoms with Crippen molar-refractivity contribution in [1.29, 1.82) is 0 Å². The molecule has 1 fully saturated rings. The van der Waals surface area contributed by atoms with Crippen LogP contribution >= 0.6 is 0 Å². The molecule has 0 atom stereocenters. The van der Waals surface area contributed by atoms with Gasteiger partial charge in [-0.3, -0.25) is 4.90 Å². The molecule has 1 saturated heterocycles. The van der Waals surface area contributed by atoms with Gasteiger partial charge in [-0.05, 0) is 37.3 Å². The van der Waals surface area contributed by atoms with Gasteiger partial charge in [-0.2, -0.15) is 5.10 Å². The normalized spacial score (nSPS) is 15.4. The van der Waals surface area contributed by atoms with Gasteiger partial charge in [0, 0.05) is 56.4 Å². The first kappa shape index (κ1) is 18.3. The van der Waals surface area contributed by atoms with E-state index in [4.69, 9.17) is 0 Å². The predicted octanol–water partition coefficient (Wildman–Crippen LogP) is 2.95. The van der Waals surface area contributed by atoms with Crippen molar-refractivity contribution in [3.8, 4) is 5.95 Å². The van der Waals surface area contributed by atoms with Gasteiger partial charge in [0.2, 0.25) is 0 Å². The Bertz CT molecular complexity index is 927. The number of anilines is 1. The van der Waals surface area contributed by atoms with E-state index in [2.05, 4.69) is 37.0 Å². The number of benzene rings is 1. The third-order valence-corrected chi connectivity index (χ3v) is 5.01. The summed E-state index contributed by atoms with van der Waals surface area (Å²) in [6.07, 6.45) is 9.55. The van der Waals surface area contributed by atoms with Gasteiger partial charge in [-0.15, -0.1) is 0 Å². The van der Waals surface area contributed by atoms with Gasteiger partial charge in [0.25, 0.3) is 5.95 Å². The molecule has 144 valence electrons. The molecular formula is C21H23FN6. The maximum absolute atomic E-state index is 13.1. The van der Waals surface area contributed by atoms with Crippen LogP contribution in [0.25, 0.3) is 12.0 Å². The molecule has 0 saturated carbocycles. The highest BCUT2D eigenvalue weighted by molar-refractivity contribution is 5.52. The minimum absolute atomic E-state index is 0.190. The van der Waals surface area contributed by atoms with Crippen molar-refractivity contribution in [2.45, 2.75) is 6.92 Å². The average Bonchev–Trinajstić information content (AvgIpc) is 3.10. The summed E-state index contributed by atoms with van der Waals surface area (Å²) in [6, 6.07) is 8.53. The maximum Gasteiger partial charge on any atom is 0.250 e. The minimum Gasteiger partial charge on any atom is -0.369 e. The molecule has 7 heteroatoms. The lowest BCUT2D eigenvalue weighted by Crippen LogP contribution is -2.46. The molecule has 2 aromatic heterocycles. The van der Waals surface area contributed by atoms with Crippen LogP contribution in [0.1, 0.15) is 11.3 Å². The number of halogens is 1. The fraction of sp³-hybridized carbons (Fsp3) is 0.286. The maximum atomic E-state index is 13.1. The SMILES string of the molecule is Cc1c(/C=C/CN2CCN(c3ccc(F)cc3)CC2)cnn1-c1ncccn1. The van der Waals surface area contributed by atoms with E-state index in [9.17, 15) is 4.39 Å². The molecule has 0 bridgehead atoms. The van der Waals surface area contributed by atoms with Gasteiger partial charge in [0.1, 0.15) is 5.82 Å². The Morgan fingerprint density at radius 2 is 1.75 bits per heavy atom. The molecule has 0 spiro atoms. The number of hydrogen-bond acceptors (Lipinski definition) is 5. The summed E-state index contributed by atoms with van der Waals surface area (Å²) in [5.74, 6) is 0.390. The summed E-state index contributed by atoms with van der Waals surface area (Å²) in [7, 11) is 0. The second-order valence-electron chi connectivity index (χ2n) is 6.81. The van der Waals surface area contributed by atoms with E-state index in [0.29, 0.717) is 5.95 Å². The zero-order valence-corrected chi connectivity index (χ0v) is 15.9. The molecule has 3 heterocycles. The molecular weight excluding hydrogens is 355 g/mol. The first-order valence-electron chi connectivity index (χ1n) is 9.42. The summed E-state index contributed by atoms with van der Waals surface area (Å²) in [5.41, 5.74) is 3.17. The van der Waals surface area contributed by atoms with Crippen molar-refractivity contribution in [3.63, 3.8) is 0 Å². The lowest BCUT2D eigenvalue weighted by molar-refractivity contribution is 0.284. The van der Waals surface area contributed by atoms with Crippen molar-refractivity contribution in [2.75, 3.05) is 37.6 Å². The summed E-state index contributed by atoms with van der Waals surface area (Å²) in [6.45, 7) is 6.77. The zero-order valence-electron chi connectivity index (χ0n) is 15.9. The van der Waals surface area contributed by atoms with Crippen LogP contribution in [0, 0.1) is 12.7 Å². The second-order valence-corrected chi connectivity index (χ2v) is 6.81. The molecule has 3 aromatic rings. The van der Waals surface area contributed by atoms with E-state index in [1.807, 2.05) is 25.3 Å². The largest absolute Gasteiger partial charge is 0.369 e. The van der Waals surface area contributed by atoms with Gasteiger partial charge in [-0.25, -0.2) is 19.0 Å². The van der Waals surface area contributed by atoms with E-state index in [1.54, 1.807) is 23.1 Å². The van der Waals surface area contributed by atoms with Gasteiger partial charge in [0.15, 0.2) is 0 Å². The predicted molar refractivity (Wildman–Crippen MR) is 108 cm³/mol. The summed E-state index contributed by atoms with van der Waals surface area (Å²) in [5, 5.41) is 4.39. The van der Waals surface area contributed by atoms with Crippen LogP contribution in [0.15, 0.2) is 55.0 Å². The second kappa shape index (κ2) is 8.31. The van der Waals surface area contributed by atoms with E-state index in [1.165, 1.54) is 12.1 Å². The molecule has 6 nitrogen and oxygen atoms in total. The third-order valence-electron chi connectivity index (χ3n) is 5.01. The Hall–Kier alpha value is -3.06. The van der Waals surface area contributed by atoms with Crippen LogP contribution in [0.3, 0.4) is 0 Å². The van der Waals surface area contributed by atoms with Crippen molar-refractivity contribution in [1.82, 2.24) is 24.6 Å². The van der Waals surface area contributed by atoms with E-state index in [0.717, 1.165) is 49.7 Å². The Kier molecular flexibility index (Phi) is 5.43. The fourth-order valence-electron chi connectivity index (χ4n) is 3.36. The van der Waals surface area contributed by atoms with Crippen LogP contribution in [0.5, 0.6) is 0 Å². The Balaban J connectivity index is 1.31. The summed E-state index contributed by atoms with van der Waals surface area (Å²) in [4.78, 5) is 13.2. The zero-order chi connectivity index (χ0) is 19.3. The fourth-order valence-corrected chi connectivity index (χ4v) is 3.36. The topological polar surface area (TPSA) is 50.1 Å². The Morgan fingerprint density at radius 1 is 1.04 bits per heavy atom. The van der Waals surface area contributed by atoms with E-state index < -0.39 is 0 Å². The van der Waals surface area contributed by atoms with E-state index >= 15 is 0 Å². The van der Waals surface area contributed by atoms with Crippen LogP contribution in [-0.4, -0.2) is 57.4 Å². The molecule has 0 N–H and O–H groups in total. The van der Waals surface area contributed by atoms with Gasteiger partial charge >= 0.3 is 0 Å². The standard InChI is InChI=1S/C21H23FN6/c1-17-18(16-25-28(17)21-23-9-3-10-24-21)4-2-11-26-12-14-27(15-13-26)20-7-5-19(22)6-8-20/h2-10,16H,11-15H2,1H3/b4-2+. The smallest absolute Gasteiger partial charge is 0.250 e. The number of piperazine rings is 1. The molecule has 1 aliphatic rings. The molecule has 4 rings (SSSR count). The minimum atomic E-state index is -0.190. The van der Waals surface area contributed by atoms with Crippen molar-refractivity contribution >= 4 is 11.8 Å². The van der Waals surface area contributed by atoms with Gasteiger partial charge < -0.3 is 4.90 Å². The number of hydrogen-bond donors (Lipinski definition) is 0. The van der Waals surface area contributed by atoms with Crippen LogP contribution in [0.4, 0.5) is 10.1 Å². The lowest BCUT2D eigenvalue weighted by atomic mass is 10.2. The highest BCUT2D eigenvalue weighted by Crippen LogP contribution is 2.17. The molecule has 0 unspecified atom stereocenters. The summed E-state index contributed by atoms with van der Waals surface area (Å²) < 4.78 is 14.8. The van der Waals surface area contributed by atoms with Crippen LogP contribution < -0.4 is 4.90 Å². The van der Waals surface area contributed by atoms with E-state index in [-0.39, 0.29) is 5.82 Å². The monoisotopic (exact) mass is 378 g/mol. The van der Waals surface area contributed by atoms with Gasteiger partial charge in [-0.1, -0.05) is 12.2 Å². The third kappa shape index (κ3) is 4.09. The lowest BCUT2D eigenvalue weighted by Gasteiger charge is -2.35. The van der Waals surface area contributed by atoms with Crippen LogP contribution in [0.2, 0.25) is 0 Å². The quantitative estimate of drug-likeness (QED) is 0.683. The molecule has 1 aliphatic heterocycles. The average molecular weight is 378 g/mol. The molecule has 1 aromatic carbocycles. The summed E-state index contributed by atoms with van der Waals surface area (Å²) >= 11 is 0. The molecule has 0 amide bonds. The number of nitrogens with zero attached hydrogens (tertiary/aromatic N) is 6. The van der Waals surface area contributed by atoms with Crippen molar-refractivity contribution in [2.24, 2.45) is 0 Å². The first-order chi connectivity index (χ1) is 13.7. The number of rotatable bonds is 5. The van der Waals surface area contributed by atoms with Crippen molar-refractivity contribution < 1.29 is 4.39 Å². The van der Waals surface area contributed by atoms with Gasteiger partial charge in [0.05, 0.1) is 11.9 Å². The molecule has 28 heavy (non-hydrogen) atoms. The highest BCUT2D eigenvalue weighted by atomic mass is 19.1. The Labute approximate surface area is 164 Å². The molecule has 0 aliphatic carbocycles. The first-order valence-corrected chi connectivity index (χ1v) is 9.42. The highest BCUT2D eigenvalue weighted by Gasteiger charge is 2.16. The molecule has 0 radical (unpaired) electrons. The Morgan fingerprint density at radius 3 is 2.46 bits per heavy atom.